The first-order valence-electron chi connectivity index (χ1n) is 9.85. The van der Waals surface area contributed by atoms with E-state index in [1.165, 1.54) is 5.56 Å². The summed E-state index contributed by atoms with van der Waals surface area (Å²) in [6, 6.07) is 9.80. The Kier molecular flexibility index (Phi) is 9.09. The van der Waals surface area contributed by atoms with Crippen LogP contribution in [0.5, 0.6) is 0 Å². The SMILES string of the molecule is C=C/C=C(\C=C/C[C@@H](O)[C@H]1COC(C)(C)N1C(=O)PCCc1ccccc1)OC. The van der Waals surface area contributed by atoms with Crippen molar-refractivity contribution in [3.63, 3.8) is 0 Å². The van der Waals surface area contributed by atoms with Gasteiger partial charge >= 0.3 is 0 Å². The third-order valence-electron chi connectivity index (χ3n) is 4.89. The van der Waals surface area contributed by atoms with E-state index in [2.05, 4.69) is 18.7 Å². The molecule has 1 aromatic carbocycles. The summed E-state index contributed by atoms with van der Waals surface area (Å²) >= 11 is 0. The number of aliphatic hydroxyl groups excluding tert-OH is 1. The number of methoxy groups -OCH3 is 1. The molecule has 1 heterocycles. The predicted octanol–water partition coefficient (Wildman–Crippen LogP) is 4.49. The van der Waals surface area contributed by atoms with Gasteiger partial charge in [-0.05, 0) is 59.1 Å². The number of allylic oxidation sites excluding steroid dienone is 3. The summed E-state index contributed by atoms with van der Waals surface area (Å²) in [5.74, 6) is 0.658. The summed E-state index contributed by atoms with van der Waals surface area (Å²) in [6.07, 6.45) is 8.37. The molecule has 1 saturated heterocycles. The maximum atomic E-state index is 13.0. The highest BCUT2D eigenvalue weighted by Gasteiger charge is 2.45. The van der Waals surface area contributed by atoms with E-state index in [0.29, 0.717) is 18.8 Å². The first kappa shape index (κ1) is 23.3. The van der Waals surface area contributed by atoms with Crippen molar-refractivity contribution in [2.45, 2.75) is 44.6 Å². The van der Waals surface area contributed by atoms with E-state index in [0.717, 1.165) is 12.6 Å². The number of benzene rings is 1. The quantitative estimate of drug-likeness (QED) is 0.346. The highest BCUT2D eigenvalue weighted by molar-refractivity contribution is 7.57. The highest BCUT2D eigenvalue weighted by Crippen LogP contribution is 2.35. The van der Waals surface area contributed by atoms with Gasteiger partial charge < -0.3 is 19.5 Å². The second-order valence-corrected chi connectivity index (χ2v) is 8.66. The van der Waals surface area contributed by atoms with Gasteiger partial charge in [0.25, 0.3) is 0 Å². The van der Waals surface area contributed by atoms with Gasteiger partial charge in [-0.15, -0.1) is 0 Å². The molecular weight excluding hydrogens is 385 g/mol. The average Bonchev–Trinajstić information content (AvgIpc) is 3.03. The number of amides is 1. The summed E-state index contributed by atoms with van der Waals surface area (Å²) in [5.41, 5.74) is 0.556. The van der Waals surface area contributed by atoms with E-state index >= 15 is 0 Å². The van der Waals surface area contributed by atoms with Crippen LogP contribution in [-0.4, -0.2) is 53.4 Å². The number of carbonyl (C=O) groups is 1. The van der Waals surface area contributed by atoms with Crippen LogP contribution in [0.1, 0.15) is 25.8 Å². The minimum absolute atomic E-state index is 0.0422. The minimum atomic E-state index is -0.716. The molecule has 0 radical (unpaired) electrons. The van der Waals surface area contributed by atoms with Crippen molar-refractivity contribution in [2.75, 3.05) is 19.9 Å². The third-order valence-corrected chi connectivity index (χ3v) is 5.94. The van der Waals surface area contributed by atoms with Crippen LogP contribution < -0.4 is 0 Å². The van der Waals surface area contributed by atoms with Crippen LogP contribution in [0.25, 0.3) is 0 Å². The molecule has 2 rings (SSSR count). The smallest absolute Gasteiger partial charge is 0.243 e. The Bertz CT molecular complexity index is 730. The normalized spacial score (nSPS) is 20.5. The van der Waals surface area contributed by atoms with E-state index in [1.54, 1.807) is 30.2 Å². The fourth-order valence-electron chi connectivity index (χ4n) is 3.34. The van der Waals surface area contributed by atoms with Gasteiger partial charge in [-0.2, -0.15) is 0 Å². The van der Waals surface area contributed by atoms with Crippen molar-refractivity contribution in [3.8, 4) is 0 Å². The van der Waals surface area contributed by atoms with Crippen molar-refractivity contribution in [3.05, 3.63) is 72.5 Å². The number of carbonyl (C=O) groups excluding carboxylic acids is 1. The van der Waals surface area contributed by atoms with Crippen LogP contribution in [0.15, 0.2) is 67.0 Å². The van der Waals surface area contributed by atoms with Crippen LogP contribution in [0.2, 0.25) is 0 Å². The van der Waals surface area contributed by atoms with Gasteiger partial charge in [-0.3, -0.25) is 4.79 Å². The van der Waals surface area contributed by atoms with Crippen LogP contribution in [-0.2, 0) is 15.9 Å². The topological polar surface area (TPSA) is 59.0 Å². The molecule has 5 nitrogen and oxygen atoms in total. The Hall–Kier alpha value is -1.94. The largest absolute Gasteiger partial charge is 0.497 e. The Balaban J connectivity index is 1.96. The molecule has 1 fully saturated rings. The van der Waals surface area contributed by atoms with Crippen molar-refractivity contribution in [1.29, 1.82) is 0 Å². The number of nitrogens with zero attached hydrogens (tertiary/aromatic N) is 1. The van der Waals surface area contributed by atoms with Gasteiger partial charge in [0.15, 0.2) is 0 Å². The van der Waals surface area contributed by atoms with Crippen molar-refractivity contribution in [2.24, 2.45) is 0 Å². The number of ether oxygens (including phenoxy) is 2. The van der Waals surface area contributed by atoms with Crippen LogP contribution in [0, 0.1) is 0 Å². The van der Waals surface area contributed by atoms with Crippen molar-refractivity contribution >= 4 is 14.2 Å². The fraction of sp³-hybridized carbons (Fsp3) is 0.435. The minimum Gasteiger partial charge on any atom is -0.497 e. The molecule has 1 aromatic rings. The standard InChI is InChI=1S/C23H32NO4P/c1-5-10-19(27-4)13-9-14-21(25)20-17-28-23(2,3)24(20)22(26)29-16-15-18-11-7-6-8-12-18/h5-13,20-21,25,29H,1,14-17H2,2-4H3/b13-9-,19-10+/t20-,21-/m1/s1. The van der Waals surface area contributed by atoms with E-state index in [9.17, 15) is 9.90 Å². The van der Waals surface area contributed by atoms with Gasteiger partial charge in [0, 0.05) is 0 Å². The van der Waals surface area contributed by atoms with E-state index in [1.807, 2.05) is 38.1 Å². The van der Waals surface area contributed by atoms with Crippen molar-refractivity contribution in [1.82, 2.24) is 4.90 Å². The van der Waals surface area contributed by atoms with Gasteiger partial charge in [0.1, 0.15) is 11.5 Å². The molecule has 1 unspecified atom stereocenters. The molecule has 158 valence electrons. The molecule has 0 aromatic heterocycles. The molecule has 3 atom stereocenters. The lowest BCUT2D eigenvalue weighted by Gasteiger charge is -2.35. The summed E-state index contributed by atoms with van der Waals surface area (Å²) in [4.78, 5) is 14.7. The van der Waals surface area contributed by atoms with E-state index in [-0.39, 0.29) is 20.3 Å². The number of hydrogen-bond acceptors (Lipinski definition) is 4. The van der Waals surface area contributed by atoms with Gasteiger partial charge in [-0.1, -0.05) is 49.1 Å². The third kappa shape index (κ3) is 6.81. The Morgan fingerprint density at radius 1 is 1.45 bits per heavy atom. The van der Waals surface area contributed by atoms with Crippen molar-refractivity contribution < 1.29 is 19.4 Å². The molecule has 0 saturated carbocycles. The molecule has 1 amide bonds. The number of aryl methyl sites for hydroxylation is 1. The second kappa shape index (κ2) is 11.3. The number of rotatable bonds is 10. The molecule has 29 heavy (non-hydrogen) atoms. The van der Waals surface area contributed by atoms with Gasteiger partial charge in [-0.25, -0.2) is 0 Å². The molecule has 0 aliphatic carbocycles. The lowest BCUT2D eigenvalue weighted by molar-refractivity contribution is -0.0309. The monoisotopic (exact) mass is 417 g/mol. The lowest BCUT2D eigenvalue weighted by Crippen LogP contribution is -2.50. The number of aliphatic hydroxyl groups is 1. The molecule has 0 spiro atoms. The maximum Gasteiger partial charge on any atom is 0.243 e. The second-order valence-electron chi connectivity index (χ2n) is 7.38. The molecule has 1 aliphatic rings. The maximum absolute atomic E-state index is 13.0. The van der Waals surface area contributed by atoms with E-state index in [4.69, 9.17) is 9.47 Å². The summed E-state index contributed by atoms with van der Waals surface area (Å²) in [5, 5.41) is 10.7. The Morgan fingerprint density at radius 3 is 2.83 bits per heavy atom. The van der Waals surface area contributed by atoms with Crippen LogP contribution in [0.4, 0.5) is 4.79 Å². The number of hydrogen-bond donors (Lipinski definition) is 1. The lowest BCUT2D eigenvalue weighted by atomic mass is 10.1. The Labute approximate surface area is 175 Å². The molecule has 1 N–H and O–H groups in total. The zero-order chi connectivity index (χ0) is 21.3. The first-order valence-corrected chi connectivity index (χ1v) is 11.1. The summed E-state index contributed by atoms with van der Waals surface area (Å²) in [7, 11) is 1.73. The zero-order valence-corrected chi connectivity index (χ0v) is 18.5. The molecule has 1 aliphatic heterocycles. The van der Waals surface area contributed by atoms with Crippen LogP contribution >= 0.6 is 8.58 Å². The fourth-order valence-corrected chi connectivity index (χ4v) is 4.58. The summed E-state index contributed by atoms with van der Waals surface area (Å²) < 4.78 is 11.0. The Morgan fingerprint density at radius 2 is 2.17 bits per heavy atom. The van der Waals surface area contributed by atoms with Gasteiger partial charge in [0.05, 0.1) is 25.9 Å². The predicted molar refractivity (Wildman–Crippen MR) is 119 cm³/mol. The van der Waals surface area contributed by atoms with E-state index < -0.39 is 11.8 Å². The van der Waals surface area contributed by atoms with Crippen LogP contribution in [0.3, 0.4) is 0 Å². The highest BCUT2D eigenvalue weighted by atomic mass is 31.1. The zero-order valence-electron chi connectivity index (χ0n) is 17.5. The average molecular weight is 417 g/mol. The molecule has 0 bridgehead atoms. The summed E-state index contributed by atoms with van der Waals surface area (Å²) in [6.45, 7) is 7.73. The first-order chi connectivity index (χ1) is 13.9. The molecule has 6 heteroatoms. The van der Waals surface area contributed by atoms with Gasteiger partial charge in [0.2, 0.25) is 5.65 Å². The molecular formula is C23H32NO4P.